The van der Waals surface area contributed by atoms with Crippen LogP contribution in [0.5, 0.6) is 0 Å². The highest BCUT2D eigenvalue weighted by molar-refractivity contribution is 5.74. The minimum atomic E-state index is -0.621. The predicted molar refractivity (Wildman–Crippen MR) is 54.9 cm³/mol. The Hall–Kier alpha value is -0.610. The van der Waals surface area contributed by atoms with Gasteiger partial charge in [-0.2, -0.15) is 0 Å². The molecule has 0 aromatic heterocycles. The third-order valence-electron chi connectivity index (χ3n) is 2.05. The summed E-state index contributed by atoms with van der Waals surface area (Å²) >= 11 is 0. The Kier molecular flexibility index (Phi) is 7.42. The van der Waals surface area contributed by atoms with E-state index in [0.29, 0.717) is 12.5 Å². The molecule has 2 N–H and O–H groups in total. The Morgan fingerprint density at radius 1 is 1.50 bits per heavy atom. The van der Waals surface area contributed by atoms with Gasteiger partial charge in [-0.15, -0.1) is 0 Å². The normalized spacial score (nSPS) is 14.9. The van der Waals surface area contributed by atoms with Gasteiger partial charge in [0.15, 0.2) is 6.10 Å². The van der Waals surface area contributed by atoms with Crippen LogP contribution in [0.25, 0.3) is 0 Å². The highest BCUT2D eigenvalue weighted by atomic mass is 16.6. The number of hydrogen-bond acceptors (Lipinski definition) is 4. The lowest BCUT2D eigenvalue weighted by Gasteiger charge is -2.15. The number of rotatable bonds is 7. The molecule has 84 valence electrons. The van der Waals surface area contributed by atoms with Gasteiger partial charge in [0.1, 0.15) is 0 Å². The number of carbonyl (C=O) groups excluding carboxylic acids is 1. The van der Waals surface area contributed by atoms with Gasteiger partial charge in [0.2, 0.25) is 0 Å². The second-order valence-electron chi connectivity index (χ2n) is 3.48. The Bertz CT molecular complexity index is 157. The van der Waals surface area contributed by atoms with Crippen LogP contribution in [0.15, 0.2) is 0 Å². The fourth-order valence-corrected chi connectivity index (χ4v) is 1.18. The lowest BCUT2D eigenvalue weighted by molar-refractivity contribution is -0.156. The van der Waals surface area contributed by atoms with Crippen LogP contribution in [0.1, 0.15) is 26.7 Å². The van der Waals surface area contributed by atoms with Crippen LogP contribution >= 0.6 is 0 Å². The summed E-state index contributed by atoms with van der Waals surface area (Å²) in [5.41, 5.74) is 5.32. The van der Waals surface area contributed by atoms with E-state index >= 15 is 0 Å². The van der Waals surface area contributed by atoms with Crippen molar-refractivity contribution in [1.29, 1.82) is 0 Å². The van der Waals surface area contributed by atoms with Crippen LogP contribution in [0.4, 0.5) is 0 Å². The molecule has 0 aromatic rings. The smallest absolute Gasteiger partial charge is 0.336 e. The van der Waals surface area contributed by atoms with Gasteiger partial charge >= 0.3 is 5.97 Å². The second-order valence-corrected chi connectivity index (χ2v) is 3.48. The van der Waals surface area contributed by atoms with Gasteiger partial charge in [0.05, 0.1) is 6.61 Å². The van der Waals surface area contributed by atoms with Crippen molar-refractivity contribution >= 4 is 5.97 Å². The number of carbonyl (C=O) groups is 1. The Morgan fingerprint density at radius 2 is 2.14 bits per heavy atom. The van der Waals surface area contributed by atoms with Crippen LogP contribution in [-0.4, -0.2) is 32.3 Å². The molecule has 2 atom stereocenters. The first-order valence-electron chi connectivity index (χ1n) is 5.05. The molecule has 0 bridgehead atoms. The van der Waals surface area contributed by atoms with E-state index in [1.165, 1.54) is 7.11 Å². The lowest BCUT2D eigenvalue weighted by Crippen LogP contribution is -2.33. The van der Waals surface area contributed by atoms with Gasteiger partial charge < -0.3 is 15.2 Å². The van der Waals surface area contributed by atoms with Gasteiger partial charge in [0, 0.05) is 13.7 Å². The molecule has 0 saturated heterocycles. The standard InChI is InChI=1S/C10H21NO3/c1-4-5-8(2)7-14-10(12)9(6-11)13-3/h8-9H,4-7,11H2,1-3H3. The summed E-state index contributed by atoms with van der Waals surface area (Å²) in [6.07, 6.45) is 1.54. The van der Waals surface area contributed by atoms with Gasteiger partial charge in [0.25, 0.3) is 0 Å². The Morgan fingerprint density at radius 3 is 2.57 bits per heavy atom. The van der Waals surface area contributed by atoms with Gasteiger partial charge in [-0.1, -0.05) is 20.3 Å². The molecule has 4 nitrogen and oxygen atoms in total. The third-order valence-corrected chi connectivity index (χ3v) is 2.05. The molecular weight excluding hydrogens is 182 g/mol. The summed E-state index contributed by atoms with van der Waals surface area (Å²) < 4.78 is 9.91. The zero-order valence-corrected chi connectivity index (χ0v) is 9.29. The molecule has 0 radical (unpaired) electrons. The van der Waals surface area contributed by atoms with E-state index in [9.17, 15) is 4.79 Å². The zero-order chi connectivity index (χ0) is 11.0. The van der Waals surface area contributed by atoms with Crippen molar-refractivity contribution < 1.29 is 14.3 Å². The first-order valence-corrected chi connectivity index (χ1v) is 5.05. The fourth-order valence-electron chi connectivity index (χ4n) is 1.18. The molecule has 4 heteroatoms. The average molecular weight is 203 g/mol. The summed E-state index contributed by atoms with van der Waals surface area (Å²) in [6.45, 7) is 4.78. The minimum Gasteiger partial charge on any atom is -0.463 e. The Balaban J connectivity index is 3.71. The number of esters is 1. The maximum Gasteiger partial charge on any atom is 0.336 e. The minimum absolute atomic E-state index is 0.164. The largest absolute Gasteiger partial charge is 0.463 e. The van der Waals surface area contributed by atoms with Crippen LogP contribution in [0.2, 0.25) is 0 Å². The number of nitrogens with two attached hydrogens (primary N) is 1. The molecule has 0 aromatic carbocycles. The van der Waals surface area contributed by atoms with E-state index in [1.807, 2.05) is 0 Å². The van der Waals surface area contributed by atoms with Crippen LogP contribution in [0, 0.1) is 5.92 Å². The summed E-state index contributed by atoms with van der Waals surface area (Å²) in [6, 6.07) is 0. The summed E-state index contributed by atoms with van der Waals surface area (Å²) in [5, 5.41) is 0. The van der Waals surface area contributed by atoms with Crippen molar-refractivity contribution in [1.82, 2.24) is 0 Å². The Labute approximate surface area is 85.8 Å². The molecular formula is C10H21NO3. The number of ether oxygens (including phenoxy) is 2. The van der Waals surface area contributed by atoms with Crippen molar-refractivity contribution in [3.05, 3.63) is 0 Å². The highest BCUT2D eigenvalue weighted by Gasteiger charge is 2.17. The highest BCUT2D eigenvalue weighted by Crippen LogP contribution is 2.06. The molecule has 0 heterocycles. The van der Waals surface area contributed by atoms with Crippen molar-refractivity contribution in [2.75, 3.05) is 20.3 Å². The van der Waals surface area contributed by atoms with Gasteiger partial charge in [-0.3, -0.25) is 0 Å². The van der Waals surface area contributed by atoms with E-state index in [-0.39, 0.29) is 12.5 Å². The summed E-state index contributed by atoms with van der Waals surface area (Å²) in [5.74, 6) is 0.0391. The molecule has 0 saturated carbocycles. The summed E-state index contributed by atoms with van der Waals surface area (Å²) in [4.78, 5) is 11.3. The zero-order valence-electron chi connectivity index (χ0n) is 9.29. The first-order chi connectivity index (χ1) is 6.65. The molecule has 0 aliphatic rings. The molecule has 0 fully saturated rings. The number of methoxy groups -OCH3 is 1. The van der Waals surface area contributed by atoms with E-state index in [4.69, 9.17) is 15.2 Å². The van der Waals surface area contributed by atoms with Crippen molar-refractivity contribution in [2.45, 2.75) is 32.8 Å². The molecule has 14 heavy (non-hydrogen) atoms. The fraction of sp³-hybridized carbons (Fsp3) is 0.900. The van der Waals surface area contributed by atoms with E-state index < -0.39 is 6.10 Å². The van der Waals surface area contributed by atoms with Crippen molar-refractivity contribution in [3.8, 4) is 0 Å². The maximum atomic E-state index is 11.3. The first kappa shape index (κ1) is 13.4. The van der Waals surface area contributed by atoms with Crippen LogP contribution in [-0.2, 0) is 14.3 Å². The molecule has 0 aliphatic carbocycles. The van der Waals surface area contributed by atoms with E-state index in [2.05, 4.69) is 13.8 Å². The average Bonchev–Trinajstić information content (AvgIpc) is 2.17. The maximum absolute atomic E-state index is 11.3. The quantitative estimate of drug-likeness (QED) is 0.625. The van der Waals surface area contributed by atoms with Crippen molar-refractivity contribution in [3.63, 3.8) is 0 Å². The van der Waals surface area contributed by atoms with E-state index in [1.54, 1.807) is 0 Å². The molecule has 0 spiro atoms. The number of hydrogen-bond donors (Lipinski definition) is 1. The SMILES string of the molecule is CCCC(C)COC(=O)C(CN)OC. The molecule has 0 aliphatic heterocycles. The van der Waals surface area contributed by atoms with Crippen LogP contribution in [0.3, 0.4) is 0 Å². The third kappa shape index (κ3) is 5.19. The lowest BCUT2D eigenvalue weighted by atomic mass is 10.1. The second kappa shape index (κ2) is 7.76. The topological polar surface area (TPSA) is 61.5 Å². The van der Waals surface area contributed by atoms with Gasteiger partial charge in [-0.25, -0.2) is 4.79 Å². The van der Waals surface area contributed by atoms with Crippen LogP contribution < -0.4 is 5.73 Å². The van der Waals surface area contributed by atoms with E-state index in [0.717, 1.165) is 12.8 Å². The summed E-state index contributed by atoms with van der Waals surface area (Å²) in [7, 11) is 1.45. The monoisotopic (exact) mass is 203 g/mol. The molecule has 0 amide bonds. The predicted octanol–water partition coefficient (Wildman–Crippen LogP) is 0.940. The molecule has 0 rings (SSSR count). The van der Waals surface area contributed by atoms with Crippen molar-refractivity contribution in [2.24, 2.45) is 11.7 Å². The molecule has 2 unspecified atom stereocenters. The van der Waals surface area contributed by atoms with Gasteiger partial charge in [-0.05, 0) is 12.3 Å².